The topological polar surface area (TPSA) is 29.5 Å². The summed E-state index contributed by atoms with van der Waals surface area (Å²) in [6, 6.07) is -0.126. The molecule has 1 unspecified atom stereocenters. The van der Waals surface area contributed by atoms with Crippen molar-refractivity contribution in [1.82, 2.24) is 4.90 Å². The molecular weight excluding hydrogens is 166 g/mol. The standard InChI is InChI=1S/C10H21NO2/c1-7-8(11(5)6)9(12)13-10(2,3)4/h8H,7H2,1-6H3. The van der Waals surface area contributed by atoms with Gasteiger partial charge < -0.3 is 4.74 Å². The molecule has 0 amide bonds. The van der Waals surface area contributed by atoms with Crippen molar-refractivity contribution in [1.29, 1.82) is 0 Å². The first-order valence-corrected chi connectivity index (χ1v) is 4.67. The first-order valence-electron chi connectivity index (χ1n) is 4.67. The van der Waals surface area contributed by atoms with E-state index < -0.39 is 0 Å². The van der Waals surface area contributed by atoms with E-state index in [0.29, 0.717) is 0 Å². The first kappa shape index (κ1) is 12.4. The number of carbonyl (C=O) groups is 1. The van der Waals surface area contributed by atoms with Gasteiger partial charge in [-0.3, -0.25) is 9.69 Å². The predicted octanol–water partition coefficient (Wildman–Crippen LogP) is 1.67. The number of nitrogens with zero attached hydrogens (tertiary/aromatic N) is 1. The van der Waals surface area contributed by atoms with Gasteiger partial charge in [-0.2, -0.15) is 0 Å². The van der Waals surface area contributed by atoms with Gasteiger partial charge in [-0.05, 0) is 41.3 Å². The maximum Gasteiger partial charge on any atom is 0.323 e. The summed E-state index contributed by atoms with van der Waals surface area (Å²) in [7, 11) is 3.77. The molecule has 0 N–H and O–H groups in total. The molecule has 78 valence electrons. The molecule has 3 heteroatoms. The van der Waals surface area contributed by atoms with Crippen LogP contribution < -0.4 is 0 Å². The highest BCUT2D eigenvalue weighted by molar-refractivity contribution is 5.76. The van der Waals surface area contributed by atoms with Gasteiger partial charge in [-0.15, -0.1) is 0 Å². The van der Waals surface area contributed by atoms with Crippen LogP contribution in [0.25, 0.3) is 0 Å². The first-order chi connectivity index (χ1) is 5.78. The number of carbonyl (C=O) groups excluding carboxylic acids is 1. The number of ether oxygens (including phenoxy) is 1. The largest absolute Gasteiger partial charge is 0.459 e. The Morgan fingerprint density at radius 3 is 2.08 bits per heavy atom. The van der Waals surface area contributed by atoms with Gasteiger partial charge in [-0.25, -0.2) is 0 Å². The van der Waals surface area contributed by atoms with Crippen molar-refractivity contribution in [3.05, 3.63) is 0 Å². The third kappa shape index (κ3) is 4.88. The molecule has 0 spiro atoms. The van der Waals surface area contributed by atoms with Gasteiger partial charge in [0.25, 0.3) is 0 Å². The van der Waals surface area contributed by atoms with Crippen molar-refractivity contribution >= 4 is 5.97 Å². The molecule has 0 aliphatic heterocycles. The smallest absolute Gasteiger partial charge is 0.323 e. The highest BCUT2D eigenvalue weighted by Gasteiger charge is 2.24. The minimum Gasteiger partial charge on any atom is -0.459 e. The molecular formula is C10H21NO2. The number of likely N-dealkylation sites (N-methyl/N-ethyl adjacent to an activating group) is 1. The van der Waals surface area contributed by atoms with E-state index in [1.807, 2.05) is 46.7 Å². The molecule has 0 aliphatic rings. The van der Waals surface area contributed by atoms with Crippen LogP contribution >= 0.6 is 0 Å². The molecule has 0 heterocycles. The van der Waals surface area contributed by atoms with Crippen LogP contribution in [0.15, 0.2) is 0 Å². The van der Waals surface area contributed by atoms with Crippen LogP contribution in [-0.4, -0.2) is 36.6 Å². The van der Waals surface area contributed by atoms with Crippen LogP contribution in [0, 0.1) is 0 Å². The van der Waals surface area contributed by atoms with Gasteiger partial charge >= 0.3 is 5.97 Å². The van der Waals surface area contributed by atoms with Crippen LogP contribution in [0.5, 0.6) is 0 Å². The van der Waals surface area contributed by atoms with Gasteiger partial charge in [0.15, 0.2) is 0 Å². The lowest BCUT2D eigenvalue weighted by molar-refractivity contribution is -0.160. The maximum atomic E-state index is 11.6. The van der Waals surface area contributed by atoms with Crippen LogP contribution in [-0.2, 0) is 9.53 Å². The Morgan fingerprint density at radius 1 is 1.38 bits per heavy atom. The van der Waals surface area contributed by atoms with E-state index >= 15 is 0 Å². The second-order valence-corrected chi connectivity index (χ2v) is 4.42. The van der Waals surface area contributed by atoms with E-state index in [0.717, 1.165) is 6.42 Å². The molecule has 0 saturated carbocycles. The molecule has 0 rings (SSSR count). The molecule has 0 fully saturated rings. The van der Waals surface area contributed by atoms with Crippen LogP contribution in [0.4, 0.5) is 0 Å². The van der Waals surface area contributed by atoms with E-state index in [1.54, 1.807) is 0 Å². The van der Waals surface area contributed by atoms with Crippen LogP contribution in [0.3, 0.4) is 0 Å². The SMILES string of the molecule is CCC(C(=O)OC(C)(C)C)N(C)C. The third-order valence-corrected chi connectivity index (χ3v) is 1.69. The summed E-state index contributed by atoms with van der Waals surface area (Å²) in [5, 5.41) is 0. The van der Waals surface area contributed by atoms with E-state index in [-0.39, 0.29) is 17.6 Å². The highest BCUT2D eigenvalue weighted by atomic mass is 16.6. The lowest BCUT2D eigenvalue weighted by atomic mass is 10.1. The Balaban J connectivity index is 4.23. The maximum absolute atomic E-state index is 11.6. The zero-order valence-corrected chi connectivity index (χ0v) is 9.55. The number of hydrogen-bond acceptors (Lipinski definition) is 3. The normalized spacial score (nSPS) is 14.4. The number of hydrogen-bond donors (Lipinski definition) is 0. The average molecular weight is 187 g/mol. The van der Waals surface area contributed by atoms with Gasteiger partial charge in [-0.1, -0.05) is 6.92 Å². The fourth-order valence-corrected chi connectivity index (χ4v) is 1.11. The molecule has 0 radical (unpaired) electrons. The van der Waals surface area contributed by atoms with E-state index in [4.69, 9.17) is 4.74 Å². The third-order valence-electron chi connectivity index (χ3n) is 1.69. The van der Waals surface area contributed by atoms with Crippen molar-refractivity contribution in [2.75, 3.05) is 14.1 Å². The van der Waals surface area contributed by atoms with Crippen LogP contribution in [0.1, 0.15) is 34.1 Å². The molecule has 1 atom stereocenters. The molecule has 0 aromatic heterocycles. The fraction of sp³-hybridized carbons (Fsp3) is 0.900. The Kier molecular flexibility index (Phi) is 4.40. The van der Waals surface area contributed by atoms with E-state index in [9.17, 15) is 4.79 Å². The van der Waals surface area contributed by atoms with Crippen molar-refractivity contribution in [3.63, 3.8) is 0 Å². The average Bonchev–Trinajstić information content (AvgIpc) is 1.82. The van der Waals surface area contributed by atoms with Crippen molar-refractivity contribution < 1.29 is 9.53 Å². The predicted molar refractivity (Wildman–Crippen MR) is 53.6 cm³/mol. The van der Waals surface area contributed by atoms with Crippen molar-refractivity contribution in [3.8, 4) is 0 Å². The number of esters is 1. The van der Waals surface area contributed by atoms with Crippen molar-refractivity contribution in [2.24, 2.45) is 0 Å². The van der Waals surface area contributed by atoms with E-state index in [2.05, 4.69) is 0 Å². The lowest BCUT2D eigenvalue weighted by Crippen LogP contribution is -2.40. The fourth-order valence-electron chi connectivity index (χ4n) is 1.11. The summed E-state index contributed by atoms with van der Waals surface area (Å²) in [6.45, 7) is 7.63. The summed E-state index contributed by atoms with van der Waals surface area (Å²) in [6.07, 6.45) is 0.780. The summed E-state index contributed by atoms with van der Waals surface area (Å²) < 4.78 is 5.27. The Morgan fingerprint density at radius 2 is 1.85 bits per heavy atom. The van der Waals surface area contributed by atoms with Gasteiger partial charge in [0.05, 0.1) is 0 Å². The molecule has 0 saturated heterocycles. The Labute approximate surface area is 81.1 Å². The van der Waals surface area contributed by atoms with Gasteiger partial charge in [0, 0.05) is 0 Å². The minimum absolute atomic E-state index is 0.126. The zero-order chi connectivity index (χ0) is 10.6. The zero-order valence-electron chi connectivity index (χ0n) is 9.55. The summed E-state index contributed by atoms with van der Waals surface area (Å²) in [5.74, 6) is -0.139. The van der Waals surface area contributed by atoms with Gasteiger partial charge in [0.1, 0.15) is 11.6 Å². The Bertz CT molecular complexity index is 170. The highest BCUT2D eigenvalue weighted by Crippen LogP contribution is 2.11. The molecule has 0 aromatic carbocycles. The quantitative estimate of drug-likeness (QED) is 0.629. The summed E-state index contributed by atoms with van der Waals surface area (Å²) >= 11 is 0. The van der Waals surface area contributed by atoms with E-state index in [1.165, 1.54) is 0 Å². The summed E-state index contributed by atoms with van der Waals surface area (Å²) in [5.41, 5.74) is -0.388. The number of rotatable bonds is 3. The molecule has 13 heavy (non-hydrogen) atoms. The second-order valence-electron chi connectivity index (χ2n) is 4.42. The second kappa shape index (κ2) is 4.61. The Hall–Kier alpha value is -0.570. The molecule has 0 aromatic rings. The van der Waals surface area contributed by atoms with Crippen molar-refractivity contribution in [2.45, 2.75) is 45.8 Å². The van der Waals surface area contributed by atoms with Crippen LogP contribution in [0.2, 0.25) is 0 Å². The molecule has 0 bridgehead atoms. The summed E-state index contributed by atoms with van der Waals surface area (Å²) in [4.78, 5) is 13.5. The van der Waals surface area contributed by atoms with Gasteiger partial charge in [0.2, 0.25) is 0 Å². The lowest BCUT2D eigenvalue weighted by Gasteiger charge is -2.26. The molecule has 0 aliphatic carbocycles. The molecule has 3 nitrogen and oxygen atoms in total. The minimum atomic E-state index is -0.388. The monoisotopic (exact) mass is 187 g/mol.